The Hall–Kier alpha value is -0.770. The van der Waals surface area contributed by atoms with Crippen LogP contribution in [0.3, 0.4) is 0 Å². The van der Waals surface area contributed by atoms with Crippen LogP contribution >= 0.6 is 35.1 Å². The molecule has 0 bridgehead atoms. The first-order valence-corrected chi connectivity index (χ1v) is 11.4. The lowest BCUT2D eigenvalue weighted by Gasteiger charge is -2.10. The van der Waals surface area contributed by atoms with Gasteiger partial charge in [0.15, 0.2) is 0 Å². The number of ether oxygens (including phenoxy) is 1. The molecule has 0 spiro atoms. The molecule has 0 aliphatic heterocycles. The Bertz CT molecular complexity index is 628. The SMILES string of the molecule is CCCSc1cc(OCCCCSCc2ccc(Cl)cc2)ccc1C. The van der Waals surface area contributed by atoms with E-state index in [1.165, 1.54) is 28.9 Å². The highest BCUT2D eigenvalue weighted by Gasteiger charge is 2.02. The number of unbranched alkanes of at least 4 members (excludes halogenated alkanes) is 1. The van der Waals surface area contributed by atoms with E-state index in [1.807, 2.05) is 35.7 Å². The molecule has 0 heterocycles. The van der Waals surface area contributed by atoms with Crippen LogP contribution in [0.4, 0.5) is 0 Å². The Labute approximate surface area is 165 Å². The standard InChI is InChI=1S/C21H27ClOS2/c1-3-13-25-21-15-20(11-6-17(21)2)23-12-4-5-14-24-16-18-7-9-19(22)10-8-18/h6-11,15H,3-5,12-14,16H2,1-2H3. The third kappa shape index (κ3) is 7.98. The number of benzene rings is 2. The summed E-state index contributed by atoms with van der Waals surface area (Å²) in [6.07, 6.45) is 3.48. The predicted molar refractivity (Wildman–Crippen MR) is 115 cm³/mol. The smallest absolute Gasteiger partial charge is 0.120 e. The normalized spacial score (nSPS) is 10.8. The Morgan fingerprint density at radius 3 is 2.56 bits per heavy atom. The number of aryl methyl sites for hydroxylation is 1. The highest BCUT2D eigenvalue weighted by atomic mass is 35.5. The molecule has 4 heteroatoms. The van der Waals surface area contributed by atoms with Crippen LogP contribution in [0.15, 0.2) is 47.4 Å². The maximum atomic E-state index is 5.92. The molecule has 25 heavy (non-hydrogen) atoms. The van der Waals surface area contributed by atoms with Crippen LogP contribution in [0.1, 0.15) is 37.3 Å². The van der Waals surface area contributed by atoms with Crippen LogP contribution in [0.5, 0.6) is 5.75 Å². The summed E-state index contributed by atoms with van der Waals surface area (Å²) in [6.45, 7) is 5.18. The van der Waals surface area contributed by atoms with Crippen molar-refractivity contribution in [1.82, 2.24) is 0 Å². The van der Waals surface area contributed by atoms with Crippen LogP contribution in [-0.4, -0.2) is 18.1 Å². The molecule has 0 aliphatic rings. The monoisotopic (exact) mass is 394 g/mol. The van der Waals surface area contributed by atoms with Gasteiger partial charge in [0, 0.05) is 15.7 Å². The molecule has 0 saturated carbocycles. The number of thioether (sulfide) groups is 2. The third-order valence-electron chi connectivity index (χ3n) is 3.76. The van der Waals surface area contributed by atoms with Crippen LogP contribution in [0.2, 0.25) is 5.02 Å². The zero-order chi connectivity index (χ0) is 17.9. The minimum Gasteiger partial charge on any atom is -0.494 e. The average molecular weight is 395 g/mol. The van der Waals surface area contributed by atoms with Crippen LogP contribution in [-0.2, 0) is 5.75 Å². The summed E-state index contributed by atoms with van der Waals surface area (Å²) in [5, 5.41) is 0.804. The second-order valence-electron chi connectivity index (χ2n) is 6.01. The van der Waals surface area contributed by atoms with Gasteiger partial charge in [-0.15, -0.1) is 11.8 Å². The highest BCUT2D eigenvalue weighted by molar-refractivity contribution is 7.99. The fourth-order valence-corrected chi connectivity index (χ4v) is 4.33. The lowest BCUT2D eigenvalue weighted by molar-refractivity contribution is 0.309. The van der Waals surface area contributed by atoms with E-state index >= 15 is 0 Å². The van der Waals surface area contributed by atoms with E-state index in [0.29, 0.717) is 0 Å². The Balaban J connectivity index is 1.60. The van der Waals surface area contributed by atoms with Gasteiger partial charge in [0.1, 0.15) is 5.75 Å². The molecule has 136 valence electrons. The fourth-order valence-electron chi connectivity index (χ4n) is 2.30. The van der Waals surface area contributed by atoms with Gasteiger partial charge in [-0.1, -0.05) is 36.7 Å². The first-order valence-electron chi connectivity index (χ1n) is 8.87. The highest BCUT2D eigenvalue weighted by Crippen LogP contribution is 2.27. The molecule has 0 aliphatic carbocycles. The number of rotatable bonds is 11. The van der Waals surface area contributed by atoms with Crippen molar-refractivity contribution in [2.45, 2.75) is 43.8 Å². The van der Waals surface area contributed by atoms with Crippen molar-refractivity contribution >= 4 is 35.1 Å². The van der Waals surface area contributed by atoms with Crippen molar-refractivity contribution in [1.29, 1.82) is 0 Å². The molecule has 0 radical (unpaired) electrons. The van der Waals surface area contributed by atoms with Gasteiger partial charge in [-0.25, -0.2) is 0 Å². The first-order chi connectivity index (χ1) is 12.2. The van der Waals surface area contributed by atoms with Crippen molar-refractivity contribution < 1.29 is 4.74 Å². The van der Waals surface area contributed by atoms with Gasteiger partial charge in [-0.2, -0.15) is 11.8 Å². The largest absolute Gasteiger partial charge is 0.494 e. The summed E-state index contributed by atoms with van der Waals surface area (Å²) in [5.41, 5.74) is 2.67. The van der Waals surface area contributed by atoms with E-state index in [9.17, 15) is 0 Å². The molecule has 0 aromatic heterocycles. The number of hydrogen-bond acceptors (Lipinski definition) is 3. The quantitative estimate of drug-likeness (QED) is 0.293. The number of hydrogen-bond donors (Lipinski definition) is 0. The Morgan fingerprint density at radius 2 is 1.80 bits per heavy atom. The third-order valence-corrected chi connectivity index (χ3v) is 6.49. The maximum absolute atomic E-state index is 5.92. The molecule has 2 aromatic carbocycles. The second-order valence-corrected chi connectivity index (χ2v) is 8.69. The van der Waals surface area contributed by atoms with Crippen molar-refractivity contribution in [3.63, 3.8) is 0 Å². The van der Waals surface area contributed by atoms with E-state index in [1.54, 1.807) is 0 Å². The molecular weight excluding hydrogens is 368 g/mol. The molecule has 2 aromatic rings. The summed E-state index contributed by atoms with van der Waals surface area (Å²) >= 11 is 9.79. The minimum absolute atomic E-state index is 0.794. The zero-order valence-corrected chi connectivity index (χ0v) is 17.5. The second kappa shape index (κ2) is 11.8. The van der Waals surface area contributed by atoms with Crippen LogP contribution < -0.4 is 4.74 Å². The first kappa shape index (κ1) is 20.5. The van der Waals surface area contributed by atoms with Crippen molar-refractivity contribution in [3.05, 3.63) is 58.6 Å². The van der Waals surface area contributed by atoms with E-state index < -0.39 is 0 Å². The molecule has 0 amide bonds. The lowest BCUT2D eigenvalue weighted by Crippen LogP contribution is -1.98. The van der Waals surface area contributed by atoms with E-state index in [0.717, 1.165) is 41.1 Å². The topological polar surface area (TPSA) is 9.23 Å². The summed E-state index contributed by atoms with van der Waals surface area (Å²) in [7, 11) is 0. The van der Waals surface area contributed by atoms with Gasteiger partial charge in [-0.05, 0) is 73.1 Å². The fraction of sp³-hybridized carbons (Fsp3) is 0.429. The van der Waals surface area contributed by atoms with Gasteiger partial charge >= 0.3 is 0 Å². The van der Waals surface area contributed by atoms with Crippen LogP contribution in [0, 0.1) is 6.92 Å². The molecule has 0 unspecified atom stereocenters. The van der Waals surface area contributed by atoms with Gasteiger partial charge < -0.3 is 4.74 Å². The van der Waals surface area contributed by atoms with Crippen LogP contribution in [0.25, 0.3) is 0 Å². The minimum atomic E-state index is 0.794. The van der Waals surface area contributed by atoms with Crippen molar-refractivity contribution in [2.24, 2.45) is 0 Å². The van der Waals surface area contributed by atoms with Gasteiger partial charge in [0.2, 0.25) is 0 Å². The van der Waals surface area contributed by atoms with E-state index in [4.69, 9.17) is 16.3 Å². The van der Waals surface area contributed by atoms with Crippen molar-refractivity contribution in [3.8, 4) is 5.75 Å². The molecule has 0 saturated heterocycles. The molecule has 2 rings (SSSR count). The predicted octanol–water partition coefficient (Wildman–Crippen LogP) is 7.24. The van der Waals surface area contributed by atoms with Gasteiger partial charge in [0.25, 0.3) is 0 Å². The van der Waals surface area contributed by atoms with Gasteiger partial charge in [-0.3, -0.25) is 0 Å². The molecule has 0 atom stereocenters. The molecule has 0 fully saturated rings. The number of halogens is 1. The Morgan fingerprint density at radius 1 is 1.00 bits per heavy atom. The lowest BCUT2D eigenvalue weighted by atomic mass is 10.2. The Kier molecular flexibility index (Phi) is 9.67. The zero-order valence-electron chi connectivity index (χ0n) is 15.1. The summed E-state index contributed by atoms with van der Waals surface area (Å²) in [6, 6.07) is 14.6. The van der Waals surface area contributed by atoms with E-state index in [2.05, 4.69) is 44.2 Å². The molecular formula is C21H27ClOS2. The summed E-state index contributed by atoms with van der Waals surface area (Å²) in [5.74, 6) is 4.37. The molecule has 0 N–H and O–H groups in total. The van der Waals surface area contributed by atoms with E-state index in [-0.39, 0.29) is 0 Å². The maximum Gasteiger partial charge on any atom is 0.120 e. The summed E-state index contributed by atoms with van der Waals surface area (Å²) < 4.78 is 5.92. The van der Waals surface area contributed by atoms with Gasteiger partial charge in [0.05, 0.1) is 6.61 Å². The summed E-state index contributed by atoms with van der Waals surface area (Å²) in [4.78, 5) is 1.35. The molecule has 1 nitrogen and oxygen atoms in total. The average Bonchev–Trinajstić information content (AvgIpc) is 2.62. The van der Waals surface area contributed by atoms with Crippen molar-refractivity contribution in [2.75, 3.05) is 18.1 Å².